The molecule has 2 rings (SSSR count). The van der Waals surface area contributed by atoms with Crippen molar-refractivity contribution in [2.45, 2.75) is 46.3 Å². The number of furan rings is 1. The Kier molecular flexibility index (Phi) is 3.57. The van der Waals surface area contributed by atoms with Gasteiger partial charge in [-0.25, -0.2) is 0 Å². The van der Waals surface area contributed by atoms with E-state index in [1.54, 1.807) is 0 Å². The van der Waals surface area contributed by atoms with Crippen molar-refractivity contribution >= 4 is 0 Å². The van der Waals surface area contributed by atoms with Gasteiger partial charge in [0.2, 0.25) is 0 Å². The lowest BCUT2D eigenvalue weighted by Crippen LogP contribution is -2.34. The first kappa shape index (κ1) is 12.9. The standard InChI is InChI=1S/C14H21N3O/c1-11-5-6-17(16-11)9-13-7-12(10-18-13)8-15-14(2,3)4/h5-7,10,15H,8-9H2,1-4H3. The lowest BCUT2D eigenvalue weighted by Gasteiger charge is -2.19. The summed E-state index contributed by atoms with van der Waals surface area (Å²) in [4.78, 5) is 0. The Bertz CT molecular complexity index is 505. The van der Waals surface area contributed by atoms with Crippen LogP contribution in [0, 0.1) is 6.92 Å². The molecule has 0 saturated carbocycles. The van der Waals surface area contributed by atoms with Gasteiger partial charge in [0.15, 0.2) is 0 Å². The minimum atomic E-state index is 0.122. The van der Waals surface area contributed by atoms with E-state index in [2.05, 4.69) is 37.3 Å². The number of aromatic nitrogens is 2. The molecule has 0 atom stereocenters. The first-order chi connectivity index (χ1) is 8.42. The minimum absolute atomic E-state index is 0.122. The third-order valence-corrected chi connectivity index (χ3v) is 2.62. The highest BCUT2D eigenvalue weighted by molar-refractivity contribution is 5.13. The molecule has 0 aliphatic heterocycles. The number of rotatable bonds is 4. The number of hydrogen-bond donors (Lipinski definition) is 1. The number of hydrogen-bond acceptors (Lipinski definition) is 3. The summed E-state index contributed by atoms with van der Waals surface area (Å²) >= 11 is 0. The van der Waals surface area contributed by atoms with Gasteiger partial charge in [-0.15, -0.1) is 0 Å². The lowest BCUT2D eigenvalue weighted by molar-refractivity contribution is 0.422. The molecule has 0 aromatic carbocycles. The molecule has 2 aromatic heterocycles. The van der Waals surface area contributed by atoms with Crippen molar-refractivity contribution in [1.29, 1.82) is 0 Å². The second-order valence-corrected chi connectivity index (χ2v) is 5.68. The monoisotopic (exact) mass is 247 g/mol. The third kappa shape index (κ3) is 3.74. The van der Waals surface area contributed by atoms with Crippen molar-refractivity contribution in [1.82, 2.24) is 15.1 Å². The predicted octanol–water partition coefficient (Wildman–Crippen LogP) is 2.72. The minimum Gasteiger partial charge on any atom is -0.467 e. The van der Waals surface area contributed by atoms with E-state index in [1.807, 2.05) is 30.1 Å². The van der Waals surface area contributed by atoms with E-state index in [0.29, 0.717) is 6.54 Å². The van der Waals surface area contributed by atoms with Crippen molar-refractivity contribution in [3.8, 4) is 0 Å². The molecule has 0 fully saturated rings. The zero-order valence-electron chi connectivity index (χ0n) is 11.5. The summed E-state index contributed by atoms with van der Waals surface area (Å²) < 4.78 is 7.43. The van der Waals surface area contributed by atoms with Crippen LogP contribution in [0.1, 0.15) is 37.8 Å². The molecule has 0 bridgehead atoms. The molecule has 0 amide bonds. The van der Waals surface area contributed by atoms with Gasteiger partial charge in [0.25, 0.3) is 0 Å². The molecule has 2 aromatic rings. The SMILES string of the molecule is Cc1ccn(Cc2cc(CNC(C)(C)C)co2)n1. The Balaban J connectivity index is 1.94. The Labute approximate surface area is 108 Å². The highest BCUT2D eigenvalue weighted by Gasteiger charge is 2.10. The molecule has 4 nitrogen and oxygen atoms in total. The Morgan fingerprint density at radius 1 is 1.39 bits per heavy atom. The van der Waals surface area contributed by atoms with E-state index in [0.717, 1.165) is 18.0 Å². The van der Waals surface area contributed by atoms with Crippen LogP contribution in [0.15, 0.2) is 29.0 Å². The third-order valence-electron chi connectivity index (χ3n) is 2.62. The molecule has 0 radical (unpaired) electrons. The van der Waals surface area contributed by atoms with E-state index in [1.165, 1.54) is 5.56 Å². The summed E-state index contributed by atoms with van der Waals surface area (Å²) in [5.74, 6) is 0.934. The van der Waals surface area contributed by atoms with Gasteiger partial charge in [0, 0.05) is 23.8 Å². The second-order valence-electron chi connectivity index (χ2n) is 5.68. The van der Waals surface area contributed by atoms with Gasteiger partial charge < -0.3 is 9.73 Å². The van der Waals surface area contributed by atoms with Gasteiger partial charge in [-0.05, 0) is 39.8 Å². The average molecular weight is 247 g/mol. The van der Waals surface area contributed by atoms with Crippen molar-refractivity contribution < 1.29 is 4.42 Å². The zero-order valence-corrected chi connectivity index (χ0v) is 11.5. The summed E-state index contributed by atoms with van der Waals surface area (Å²) in [6.45, 7) is 9.95. The highest BCUT2D eigenvalue weighted by atomic mass is 16.3. The highest BCUT2D eigenvalue weighted by Crippen LogP contribution is 2.11. The molecule has 2 heterocycles. The maximum absolute atomic E-state index is 5.54. The van der Waals surface area contributed by atoms with E-state index in [-0.39, 0.29) is 5.54 Å². The van der Waals surface area contributed by atoms with Gasteiger partial charge in [-0.3, -0.25) is 4.68 Å². The van der Waals surface area contributed by atoms with Crippen LogP contribution in [-0.2, 0) is 13.1 Å². The largest absolute Gasteiger partial charge is 0.467 e. The van der Waals surface area contributed by atoms with Crippen LogP contribution in [0.2, 0.25) is 0 Å². The van der Waals surface area contributed by atoms with Gasteiger partial charge in [0.1, 0.15) is 5.76 Å². The Morgan fingerprint density at radius 2 is 2.17 bits per heavy atom. The van der Waals surface area contributed by atoms with Crippen LogP contribution in [0.4, 0.5) is 0 Å². The summed E-state index contributed by atoms with van der Waals surface area (Å²) in [6, 6.07) is 4.07. The average Bonchev–Trinajstić information content (AvgIpc) is 2.85. The zero-order chi connectivity index (χ0) is 13.2. The van der Waals surface area contributed by atoms with E-state index >= 15 is 0 Å². The van der Waals surface area contributed by atoms with Crippen LogP contribution in [-0.4, -0.2) is 15.3 Å². The van der Waals surface area contributed by atoms with Crippen LogP contribution in [0.5, 0.6) is 0 Å². The molecule has 0 unspecified atom stereocenters. The second kappa shape index (κ2) is 4.98. The summed E-state index contributed by atoms with van der Waals surface area (Å²) in [7, 11) is 0. The summed E-state index contributed by atoms with van der Waals surface area (Å²) in [6.07, 6.45) is 3.77. The fraction of sp³-hybridized carbons (Fsp3) is 0.500. The number of nitrogens with zero attached hydrogens (tertiary/aromatic N) is 2. The summed E-state index contributed by atoms with van der Waals surface area (Å²) in [5, 5.41) is 7.78. The van der Waals surface area contributed by atoms with Gasteiger partial charge in [-0.1, -0.05) is 0 Å². The molecule has 0 saturated heterocycles. The van der Waals surface area contributed by atoms with Crippen molar-refractivity contribution in [3.63, 3.8) is 0 Å². The molecular weight excluding hydrogens is 226 g/mol. The maximum atomic E-state index is 5.54. The molecule has 0 aliphatic rings. The molecule has 0 spiro atoms. The molecule has 4 heteroatoms. The molecule has 1 N–H and O–H groups in total. The normalized spacial score (nSPS) is 12.0. The molecule has 0 aliphatic carbocycles. The van der Waals surface area contributed by atoms with Crippen LogP contribution in [0.3, 0.4) is 0 Å². The van der Waals surface area contributed by atoms with Gasteiger partial charge >= 0.3 is 0 Å². The molecule has 98 valence electrons. The fourth-order valence-corrected chi connectivity index (χ4v) is 1.68. The van der Waals surface area contributed by atoms with Gasteiger partial charge in [0.05, 0.1) is 18.5 Å². The molecule has 18 heavy (non-hydrogen) atoms. The van der Waals surface area contributed by atoms with E-state index in [9.17, 15) is 0 Å². The quantitative estimate of drug-likeness (QED) is 0.903. The van der Waals surface area contributed by atoms with Crippen LogP contribution in [0.25, 0.3) is 0 Å². The lowest BCUT2D eigenvalue weighted by atomic mass is 10.1. The van der Waals surface area contributed by atoms with Crippen molar-refractivity contribution in [2.24, 2.45) is 0 Å². The van der Waals surface area contributed by atoms with Crippen molar-refractivity contribution in [3.05, 3.63) is 41.6 Å². The Morgan fingerprint density at radius 3 is 2.78 bits per heavy atom. The predicted molar refractivity (Wildman–Crippen MR) is 71.4 cm³/mol. The summed E-state index contributed by atoms with van der Waals surface area (Å²) in [5.41, 5.74) is 2.32. The van der Waals surface area contributed by atoms with Crippen LogP contribution < -0.4 is 5.32 Å². The topological polar surface area (TPSA) is 43.0 Å². The van der Waals surface area contributed by atoms with Crippen molar-refractivity contribution in [2.75, 3.05) is 0 Å². The number of aryl methyl sites for hydroxylation is 1. The first-order valence-electron chi connectivity index (χ1n) is 6.24. The Hall–Kier alpha value is -1.55. The van der Waals surface area contributed by atoms with E-state index < -0.39 is 0 Å². The molecular formula is C14H21N3O. The fourth-order valence-electron chi connectivity index (χ4n) is 1.68. The first-order valence-corrected chi connectivity index (χ1v) is 6.24. The van der Waals surface area contributed by atoms with Gasteiger partial charge in [-0.2, -0.15) is 5.10 Å². The van der Waals surface area contributed by atoms with E-state index in [4.69, 9.17) is 4.42 Å². The number of nitrogens with one attached hydrogen (secondary N) is 1. The maximum Gasteiger partial charge on any atom is 0.125 e. The smallest absolute Gasteiger partial charge is 0.125 e. The van der Waals surface area contributed by atoms with Crippen LogP contribution >= 0.6 is 0 Å².